The lowest BCUT2D eigenvalue weighted by Gasteiger charge is -2.27. The van der Waals surface area contributed by atoms with Crippen LogP contribution in [0.2, 0.25) is 0 Å². The molecule has 0 bridgehead atoms. The van der Waals surface area contributed by atoms with E-state index in [1.54, 1.807) is 12.4 Å². The van der Waals surface area contributed by atoms with Crippen LogP contribution in [0.1, 0.15) is 23.0 Å². The number of benzene rings is 1. The number of para-hydroxylation sites is 2. The summed E-state index contributed by atoms with van der Waals surface area (Å²) in [5.74, 6) is 2.53. The SMILES string of the molecule is Cc1cccnc1CNc1nccc2oc(CCNCCc3nc4ccccc4n3CCN3CCOCC3)nc12. The van der Waals surface area contributed by atoms with Crippen molar-refractivity contribution in [1.82, 2.24) is 34.7 Å². The molecule has 5 heterocycles. The van der Waals surface area contributed by atoms with Gasteiger partial charge in [0.15, 0.2) is 22.8 Å². The maximum atomic E-state index is 6.02. The van der Waals surface area contributed by atoms with Gasteiger partial charge in [0.25, 0.3) is 0 Å². The zero-order valence-electron chi connectivity index (χ0n) is 23.0. The molecule has 1 saturated heterocycles. The number of nitrogens with zero attached hydrogens (tertiary/aromatic N) is 6. The van der Waals surface area contributed by atoms with Crippen LogP contribution in [0, 0.1) is 6.92 Å². The molecule has 0 saturated carbocycles. The van der Waals surface area contributed by atoms with Crippen LogP contribution < -0.4 is 10.6 Å². The summed E-state index contributed by atoms with van der Waals surface area (Å²) in [4.78, 5) is 21.1. The second-order valence-corrected chi connectivity index (χ2v) is 10.1. The molecule has 0 atom stereocenters. The Labute approximate surface area is 233 Å². The Bertz CT molecular complexity index is 1560. The summed E-state index contributed by atoms with van der Waals surface area (Å²) in [6.07, 6.45) is 5.10. The third-order valence-electron chi connectivity index (χ3n) is 7.41. The Kier molecular flexibility index (Phi) is 8.27. The Morgan fingerprint density at radius 1 is 0.900 bits per heavy atom. The first-order valence-corrected chi connectivity index (χ1v) is 14.1. The number of fused-ring (bicyclic) bond motifs is 2. The van der Waals surface area contributed by atoms with E-state index in [4.69, 9.17) is 19.1 Å². The summed E-state index contributed by atoms with van der Waals surface area (Å²) in [7, 11) is 0. The van der Waals surface area contributed by atoms with Gasteiger partial charge in [0.1, 0.15) is 5.82 Å². The molecule has 10 heteroatoms. The minimum Gasteiger partial charge on any atom is -0.440 e. The lowest BCUT2D eigenvalue weighted by Crippen LogP contribution is -2.38. The number of pyridine rings is 2. The average Bonchev–Trinajstić information content (AvgIpc) is 3.57. The van der Waals surface area contributed by atoms with Crippen LogP contribution in [0.5, 0.6) is 0 Å². The average molecular weight is 541 g/mol. The second kappa shape index (κ2) is 12.5. The van der Waals surface area contributed by atoms with E-state index in [9.17, 15) is 0 Å². The topological polar surface area (TPSA) is 106 Å². The molecule has 40 heavy (non-hydrogen) atoms. The van der Waals surface area contributed by atoms with Crippen LogP contribution in [0.25, 0.3) is 22.1 Å². The number of ether oxygens (including phenoxy) is 1. The molecular formula is C30H36N8O2. The number of morpholine rings is 1. The molecule has 1 aliphatic rings. The van der Waals surface area contributed by atoms with Crippen molar-refractivity contribution in [3.63, 3.8) is 0 Å². The first-order chi connectivity index (χ1) is 19.7. The summed E-state index contributed by atoms with van der Waals surface area (Å²) in [5.41, 5.74) is 5.88. The van der Waals surface area contributed by atoms with Gasteiger partial charge in [-0.25, -0.2) is 15.0 Å². The number of rotatable bonds is 12. The van der Waals surface area contributed by atoms with Crippen molar-refractivity contribution in [2.75, 3.05) is 51.3 Å². The van der Waals surface area contributed by atoms with Gasteiger partial charge in [-0.2, -0.15) is 0 Å². The zero-order chi connectivity index (χ0) is 27.1. The summed E-state index contributed by atoms with van der Waals surface area (Å²) in [6, 6.07) is 14.3. The normalized spacial score (nSPS) is 14.3. The Balaban J connectivity index is 1.03. The van der Waals surface area contributed by atoms with E-state index >= 15 is 0 Å². The molecule has 10 nitrogen and oxygen atoms in total. The molecule has 208 valence electrons. The van der Waals surface area contributed by atoms with E-state index in [2.05, 4.69) is 67.3 Å². The molecule has 1 aromatic carbocycles. The lowest BCUT2D eigenvalue weighted by molar-refractivity contribution is 0.0364. The van der Waals surface area contributed by atoms with Crippen molar-refractivity contribution in [2.45, 2.75) is 32.9 Å². The van der Waals surface area contributed by atoms with Gasteiger partial charge in [-0.1, -0.05) is 18.2 Å². The Morgan fingerprint density at radius 3 is 2.67 bits per heavy atom. The fourth-order valence-electron chi connectivity index (χ4n) is 5.16. The molecule has 1 fully saturated rings. The first kappa shape index (κ1) is 26.4. The summed E-state index contributed by atoms with van der Waals surface area (Å²) in [6.45, 7) is 9.82. The molecule has 0 aliphatic carbocycles. The van der Waals surface area contributed by atoms with E-state index in [1.165, 1.54) is 5.52 Å². The van der Waals surface area contributed by atoms with Crippen LogP contribution >= 0.6 is 0 Å². The number of aromatic nitrogens is 5. The van der Waals surface area contributed by atoms with Gasteiger partial charge in [-0.3, -0.25) is 9.88 Å². The molecule has 6 rings (SSSR count). The van der Waals surface area contributed by atoms with Gasteiger partial charge < -0.3 is 24.4 Å². The molecule has 0 spiro atoms. The van der Waals surface area contributed by atoms with Crippen molar-refractivity contribution in [3.05, 3.63) is 77.8 Å². The molecule has 0 unspecified atom stereocenters. The molecule has 0 amide bonds. The molecule has 2 N–H and O–H groups in total. The number of nitrogens with one attached hydrogen (secondary N) is 2. The number of oxazole rings is 1. The number of aryl methyl sites for hydroxylation is 1. The van der Waals surface area contributed by atoms with Crippen molar-refractivity contribution in [1.29, 1.82) is 0 Å². The van der Waals surface area contributed by atoms with Gasteiger partial charge in [0.05, 0.1) is 36.5 Å². The van der Waals surface area contributed by atoms with Crippen LogP contribution in [0.3, 0.4) is 0 Å². The zero-order valence-corrected chi connectivity index (χ0v) is 23.0. The maximum absolute atomic E-state index is 6.02. The van der Waals surface area contributed by atoms with Crippen LogP contribution in [0.4, 0.5) is 5.82 Å². The van der Waals surface area contributed by atoms with Crippen molar-refractivity contribution >= 4 is 28.0 Å². The van der Waals surface area contributed by atoms with Gasteiger partial charge in [0, 0.05) is 70.6 Å². The van der Waals surface area contributed by atoms with Crippen LogP contribution in [-0.4, -0.2) is 75.3 Å². The van der Waals surface area contributed by atoms with Crippen molar-refractivity contribution in [2.24, 2.45) is 0 Å². The van der Waals surface area contributed by atoms with E-state index < -0.39 is 0 Å². The molecule has 1 aliphatic heterocycles. The predicted molar refractivity (Wildman–Crippen MR) is 155 cm³/mol. The minimum atomic E-state index is 0.583. The van der Waals surface area contributed by atoms with Crippen molar-refractivity contribution in [3.8, 4) is 0 Å². The van der Waals surface area contributed by atoms with Crippen molar-refractivity contribution < 1.29 is 9.15 Å². The van der Waals surface area contributed by atoms with E-state index in [1.807, 2.05) is 12.1 Å². The largest absolute Gasteiger partial charge is 0.440 e. The second-order valence-electron chi connectivity index (χ2n) is 10.1. The summed E-state index contributed by atoms with van der Waals surface area (Å²) < 4.78 is 13.9. The molecule has 5 aromatic rings. The maximum Gasteiger partial charge on any atom is 0.196 e. The summed E-state index contributed by atoms with van der Waals surface area (Å²) >= 11 is 0. The summed E-state index contributed by atoms with van der Waals surface area (Å²) in [5, 5.41) is 6.92. The smallest absolute Gasteiger partial charge is 0.196 e. The fourth-order valence-corrected chi connectivity index (χ4v) is 5.16. The van der Waals surface area contributed by atoms with Gasteiger partial charge in [-0.15, -0.1) is 0 Å². The number of imidazole rings is 1. The highest BCUT2D eigenvalue weighted by molar-refractivity contribution is 5.83. The monoisotopic (exact) mass is 540 g/mol. The van der Waals surface area contributed by atoms with E-state index in [0.29, 0.717) is 24.7 Å². The van der Waals surface area contributed by atoms with Gasteiger partial charge >= 0.3 is 0 Å². The highest BCUT2D eigenvalue weighted by Crippen LogP contribution is 2.22. The molecule has 4 aromatic heterocycles. The Morgan fingerprint density at radius 2 is 1.77 bits per heavy atom. The number of hydrogen-bond donors (Lipinski definition) is 2. The highest BCUT2D eigenvalue weighted by Gasteiger charge is 2.15. The quantitative estimate of drug-likeness (QED) is 0.230. The third kappa shape index (κ3) is 6.14. The van der Waals surface area contributed by atoms with Crippen LogP contribution in [-0.2, 0) is 30.7 Å². The fraction of sp³-hybridized carbons (Fsp3) is 0.400. The standard InChI is InChI=1S/C30H36N8O2/c1-22-5-4-11-32-24(22)21-34-30-29-26(8-14-33-30)40-28(36-29)10-13-31-12-9-27-35-23-6-2-3-7-25(23)38(27)16-15-37-17-19-39-20-18-37/h2-8,11,14,31H,9-10,12-13,15-21H2,1H3,(H,33,34). The lowest BCUT2D eigenvalue weighted by atomic mass is 10.2. The molecule has 0 radical (unpaired) electrons. The van der Waals surface area contributed by atoms with Gasteiger partial charge in [-0.05, 0) is 30.7 Å². The third-order valence-corrected chi connectivity index (χ3v) is 7.41. The first-order valence-electron chi connectivity index (χ1n) is 14.1. The Hall–Kier alpha value is -3.86. The van der Waals surface area contributed by atoms with Gasteiger partial charge in [0.2, 0.25) is 0 Å². The number of hydrogen-bond acceptors (Lipinski definition) is 9. The minimum absolute atomic E-state index is 0.583. The van der Waals surface area contributed by atoms with Crippen LogP contribution in [0.15, 0.2) is 59.3 Å². The molecular weight excluding hydrogens is 504 g/mol. The number of anilines is 1. The predicted octanol–water partition coefficient (Wildman–Crippen LogP) is 3.60. The van der Waals surface area contributed by atoms with E-state index in [0.717, 1.165) is 92.6 Å². The van der Waals surface area contributed by atoms with E-state index in [-0.39, 0.29) is 0 Å². The highest BCUT2D eigenvalue weighted by atomic mass is 16.5.